The maximum absolute atomic E-state index is 5.92. The van der Waals surface area contributed by atoms with Gasteiger partial charge in [-0.15, -0.1) is 0 Å². The van der Waals surface area contributed by atoms with E-state index in [0.717, 1.165) is 42.6 Å². The van der Waals surface area contributed by atoms with Gasteiger partial charge in [0.25, 0.3) is 0 Å². The molecule has 0 saturated heterocycles. The Balaban J connectivity index is 1.99. The summed E-state index contributed by atoms with van der Waals surface area (Å²) in [5.41, 5.74) is 8.95. The van der Waals surface area contributed by atoms with Crippen LogP contribution < -0.4 is 5.73 Å². The van der Waals surface area contributed by atoms with Crippen LogP contribution >= 0.6 is 0 Å². The summed E-state index contributed by atoms with van der Waals surface area (Å²) >= 11 is 0. The Morgan fingerprint density at radius 1 is 1.21 bits per heavy atom. The number of nitrogens with zero attached hydrogens (tertiary/aromatic N) is 3. The number of rotatable bonds is 6. The highest BCUT2D eigenvalue weighted by atomic mass is 15.3. The first kappa shape index (κ1) is 13.6. The number of hydrogen-bond donors (Lipinski definition) is 1. The van der Waals surface area contributed by atoms with Gasteiger partial charge in [-0.1, -0.05) is 13.8 Å². The van der Waals surface area contributed by atoms with Gasteiger partial charge in [0, 0.05) is 24.3 Å². The first-order valence-corrected chi connectivity index (χ1v) is 6.97. The van der Waals surface area contributed by atoms with Gasteiger partial charge in [0.15, 0.2) is 0 Å². The standard InChI is InChI=1S/C15H22N4/c1-3-14(4-2)19-10-8-13(18-19)6-5-12-11-17-9-7-15(12)16/h7-11,14H,3-6H2,1-2H3,(H2,16,17). The van der Waals surface area contributed by atoms with Crippen LogP contribution in [-0.2, 0) is 12.8 Å². The highest BCUT2D eigenvalue weighted by Gasteiger charge is 2.08. The summed E-state index contributed by atoms with van der Waals surface area (Å²) in [7, 11) is 0. The summed E-state index contributed by atoms with van der Waals surface area (Å²) in [4.78, 5) is 4.11. The lowest BCUT2D eigenvalue weighted by Crippen LogP contribution is -2.08. The molecule has 0 aliphatic rings. The van der Waals surface area contributed by atoms with E-state index in [-0.39, 0.29) is 0 Å². The molecule has 0 saturated carbocycles. The summed E-state index contributed by atoms with van der Waals surface area (Å²) in [5, 5.41) is 4.65. The first-order chi connectivity index (χ1) is 9.24. The second kappa shape index (κ2) is 6.36. The van der Waals surface area contributed by atoms with Gasteiger partial charge in [-0.05, 0) is 43.4 Å². The van der Waals surface area contributed by atoms with Gasteiger partial charge in [-0.25, -0.2) is 0 Å². The number of pyridine rings is 1. The van der Waals surface area contributed by atoms with E-state index in [1.807, 2.05) is 12.3 Å². The largest absolute Gasteiger partial charge is 0.398 e. The molecule has 0 unspecified atom stereocenters. The van der Waals surface area contributed by atoms with Crippen molar-refractivity contribution >= 4 is 5.69 Å². The van der Waals surface area contributed by atoms with Crippen LogP contribution in [0.4, 0.5) is 5.69 Å². The van der Waals surface area contributed by atoms with E-state index >= 15 is 0 Å². The molecule has 0 bridgehead atoms. The van der Waals surface area contributed by atoms with Crippen molar-refractivity contribution in [1.29, 1.82) is 0 Å². The zero-order valence-electron chi connectivity index (χ0n) is 11.7. The number of aryl methyl sites for hydroxylation is 2. The van der Waals surface area contributed by atoms with E-state index < -0.39 is 0 Å². The van der Waals surface area contributed by atoms with E-state index in [2.05, 4.69) is 40.9 Å². The van der Waals surface area contributed by atoms with Gasteiger partial charge in [0.2, 0.25) is 0 Å². The van der Waals surface area contributed by atoms with Gasteiger partial charge >= 0.3 is 0 Å². The summed E-state index contributed by atoms with van der Waals surface area (Å²) < 4.78 is 2.09. The Bertz CT molecular complexity index is 514. The number of nitrogens with two attached hydrogens (primary N) is 1. The molecule has 2 N–H and O–H groups in total. The Labute approximate surface area is 114 Å². The molecule has 0 amide bonds. The van der Waals surface area contributed by atoms with Gasteiger partial charge in [-0.2, -0.15) is 5.10 Å². The monoisotopic (exact) mass is 258 g/mol. The van der Waals surface area contributed by atoms with Crippen LogP contribution in [0.25, 0.3) is 0 Å². The molecule has 4 heteroatoms. The van der Waals surface area contributed by atoms with Crippen molar-refractivity contribution in [2.75, 3.05) is 5.73 Å². The van der Waals surface area contributed by atoms with Gasteiger partial charge in [-0.3, -0.25) is 9.67 Å². The van der Waals surface area contributed by atoms with E-state index in [1.165, 1.54) is 0 Å². The molecule has 19 heavy (non-hydrogen) atoms. The van der Waals surface area contributed by atoms with Gasteiger partial charge < -0.3 is 5.73 Å². The minimum absolute atomic E-state index is 0.511. The molecule has 2 aromatic heterocycles. The van der Waals surface area contributed by atoms with Crippen LogP contribution in [0.3, 0.4) is 0 Å². The third-order valence-electron chi connectivity index (χ3n) is 3.57. The molecular formula is C15H22N4. The van der Waals surface area contributed by atoms with Crippen molar-refractivity contribution in [2.45, 2.75) is 45.6 Å². The summed E-state index contributed by atoms with van der Waals surface area (Å²) in [5.74, 6) is 0. The van der Waals surface area contributed by atoms with Crippen molar-refractivity contribution in [3.05, 3.63) is 42.0 Å². The lowest BCUT2D eigenvalue weighted by atomic mass is 10.1. The van der Waals surface area contributed by atoms with Crippen LogP contribution in [0.15, 0.2) is 30.7 Å². The zero-order valence-corrected chi connectivity index (χ0v) is 11.7. The molecule has 0 fully saturated rings. The summed E-state index contributed by atoms with van der Waals surface area (Å²) in [6, 6.07) is 4.46. The lowest BCUT2D eigenvalue weighted by Gasteiger charge is -2.12. The number of aromatic nitrogens is 3. The minimum Gasteiger partial charge on any atom is -0.398 e. The topological polar surface area (TPSA) is 56.7 Å². The van der Waals surface area contributed by atoms with Crippen molar-refractivity contribution in [2.24, 2.45) is 0 Å². The fraction of sp³-hybridized carbons (Fsp3) is 0.467. The quantitative estimate of drug-likeness (QED) is 0.866. The third kappa shape index (κ3) is 3.34. The van der Waals surface area contributed by atoms with Crippen LogP contribution in [0.2, 0.25) is 0 Å². The normalized spacial score (nSPS) is 11.1. The first-order valence-electron chi connectivity index (χ1n) is 6.97. The average Bonchev–Trinajstić information content (AvgIpc) is 2.88. The minimum atomic E-state index is 0.511. The molecule has 0 aliphatic carbocycles. The SMILES string of the molecule is CCC(CC)n1ccc(CCc2cnccc2N)n1. The third-order valence-corrected chi connectivity index (χ3v) is 3.57. The number of nitrogen functional groups attached to an aromatic ring is 1. The molecule has 0 spiro atoms. The maximum Gasteiger partial charge on any atom is 0.0628 e. The molecule has 4 nitrogen and oxygen atoms in total. The molecule has 2 heterocycles. The highest BCUT2D eigenvalue weighted by molar-refractivity contribution is 5.44. The molecule has 0 aliphatic heterocycles. The average molecular weight is 258 g/mol. The lowest BCUT2D eigenvalue weighted by molar-refractivity contribution is 0.425. The second-order valence-corrected chi connectivity index (χ2v) is 4.83. The van der Waals surface area contributed by atoms with Gasteiger partial charge in [0.05, 0.1) is 11.7 Å². The molecular weight excluding hydrogens is 236 g/mol. The second-order valence-electron chi connectivity index (χ2n) is 4.83. The predicted molar refractivity (Wildman–Crippen MR) is 77.9 cm³/mol. The number of hydrogen-bond acceptors (Lipinski definition) is 3. The van der Waals surface area contributed by atoms with Crippen molar-refractivity contribution < 1.29 is 0 Å². The summed E-state index contributed by atoms with van der Waals surface area (Å²) in [6.45, 7) is 4.40. The maximum atomic E-state index is 5.92. The van der Waals surface area contributed by atoms with Crippen LogP contribution in [0.1, 0.15) is 44.0 Å². The molecule has 0 atom stereocenters. The molecule has 102 valence electrons. The van der Waals surface area contributed by atoms with E-state index in [4.69, 9.17) is 5.73 Å². The van der Waals surface area contributed by atoms with Crippen LogP contribution in [-0.4, -0.2) is 14.8 Å². The van der Waals surface area contributed by atoms with E-state index in [0.29, 0.717) is 6.04 Å². The Morgan fingerprint density at radius 2 is 2.00 bits per heavy atom. The fourth-order valence-corrected chi connectivity index (χ4v) is 2.29. The molecule has 2 rings (SSSR count). The highest BCUT2D eigenvalue weighted by Crippen LogP contribution is 2.16. The van der Waals surface area contributed by atoms with Crippen LogP contribution in [0.5, 0.6) is 0 Å². The Morgan fingerprint density at radius 3 is 2.68 bits per heavy atom. The molecule has 2 aromatic rings. The fourth-order valence-electron chi connectivity index (χ4n) is 2.29. The van der Waals surface area contributed by atoms with Gasteiger partial charge in [0.1, 0.15) is 0 Å². The van der Waals surface area contributed by atoms with Crippen LogP contribution in [0, 0.1) is 0 Å². The van der Waals surface area contributed by atoms with E-state index in [9.17, 15) is 0 Å². The molecule has 0 radical (unpaired) electrons. The van der Waals surface area contributed by atoms with Crippen molar-refractivity contribution in [1.82, 2.24) is 14.8 Å². The van der Waals surface area contributed by atoms with Crippen molar-refractivity contribution in [3.8, 4) is 0 Å². The Hall–Kier alpha value is -1.84. The smallest absolute Gasteiger partial charge is 0.0628 e. The zero-order chi connectivity index (χ0) is 13.7. The number of anilines is 1. The van der Waals surface area contributed by atoms with Crippen molar-refractivity contribution in [3.63, 3.8) is 0 Å². The Kier molecular flexibility index (Phi) is 4.55. The van der Waals surface area contributed by atoms with E-state index in [1.54, 1.807) is 6.20 Å². The summed E-state index contributed by atoms with van der Waals surface area (Å²) in [6.07, 6.45) is 9.68. The predicted octanol–water partition coefficient (Wildman–Crippen LogP) is 3.01. The molecule has 0 aromatic carbocycles.